The fourth-order valence-electron chi connectivity index (χ4n) is 2.09. The third kappa shape index (κ3) is 4.03. The smallest absolute Gasteiger partial charge is 0.257 e. The van der Waals surface area contributed by atoms with Gasteiger partial charge in [0.05, 0.1) is 12.2 Å². The molecule has 1 aromatic rings. The van der Waals surface area contributed by atoms with Gasteiger partial charge in [0.2, 0.25) is 0 Å². The number of aliphatic hydroxyl groups is 1. The van der Waals surface area contributed by atoms with Crippen molar-refractivity contribution in [2.45, 2.75) is 18.9 Å². The Morgan fingerprint density at radius 2 is 2.29 bits per heavy atom. The second-order valence-corrected chi connectivity index (χ2v) is 4.88. The first kappa shape index (κ1) is 15.5. The van der Waals surface area contributed by atoms with Crippen LogP contribution in [0.4, 0.5) is 4.39 Å². The van der Waals surface area contributed by atoms with E-state index < -0.39 is 5.82 Å². The van der Waals surface area contributed by atoms with Crippen LogP contribution in [0, 0.1) is 17.7 Å². The first-order valence-electron chi connectivity index (χ1n) is 6.86. The molecule has 1 aromatic carbocycles. The lowest BCUT2D eigenvalue weighted by molar-refractivity contribution is 0.0675. The lowest BCUT2D eigenvalue weighted by atomic mass is 10.1. The number of carbonyl (C=O) groups is 1. The largest absolute Gasteiger partial charge is 0.384 e. The molecule has 0 aromatic heterocycles. The van der Waals surface area contributed by atoms with Crippen LogP contribution < -0.4 is 0 Å². The maximum absolute atomic E-state index is 14.1. The molecule has 5 heteroatoms. The van der Waals surface area contributed by atoms with E-state index >= 15 is 0 Å². The summed E-state index contributed by atoms with van der Waals surface area (Å²) in [6, 6.07) is 4.44. The average molecular weight is 291 g/mol. The van der Waals surface area contributed by atoms with Crippen molar-refractivity contribution < 1.29 is 19.0 Å². The highest BCUT2D eigenvalue weighted by Gasteiger charge is 2.33. The number of rotatable bonds is 5. The molecule has 4 nitrogen and oxygen atoms in total. The van der Waals surface area contributed by atoms with E-state index in [1.807, 2.05) is 0 Å². The van der Waals surface area contributed by atoms with Crippen LogP contribution in [0.5, 0.6) is 0 Å². The summed E-state index contributed by atoms with van der Waals surface area (Å²) in [5, 5.41) is 8.62. The molecule has 0 atom stereocenters. The SMILES string of the molecule is COCCN(C(=O)c1ccc(C#CCO)cc1F)C1CC1. The lowest BCUT2D eigenvalue weighted by Crippen LogP contribution is -2.36. The maximum Gasteiger partial charge on any atom is 0.257 e. The normalized spacial score (nSPS) is 13.5. The highest BCUT2D eigenvalue weighted by atomic mass is 19.1. The Bertz CT molecular complexity index is 573. The molecular formula is C16H18FNO3. The first-order chi connectivity index (χ1) is 10.2. The van der Waals surface area contributed by atoms with E-state index in [9.17, 15) is 9.18 Å². The second-order valence-electron chi connectivity index (χ2n) is 4.88. The van der Waals surface area contributed by atoms with Gasteiger partial charge in [-0.3, -0.25) is 4.79 Å². The maximum atomic E-state index is 14.1. The Kier molecular flexibility index (Phi) is 5.32. The third-order valence-corrected chi connectivity index (χ3v) is 3.30. The fraction of sp³-hybridized carbons (Fsp3) is 0.438. The lowest BCUT2D eigenvalue weighted by Gasteiger charge is -2.22. The number of hydrogen-bond donors (Lipinski definition) is 1. The fourth-order valence-corrected chi connectivity index (χ4v) is 2.09. The summed E-state index contributed by atoms with van der Waals surface area (Å²) < 4.78 is 19.1. The predicted octanol–water partition coefficient (Wildman–Crippen LogP) is 1.42. The minimum absolute atomic E-state index is 0.0487. The van der Waals surface area contributed by atoms with Crippen molar-refractivity contribution in [3.63, 3.8) is 0 Å². The predicted molar refractivity (Wildman–Crippen MR) is 76.3 cm³/mol. The van der Waals surface area contributed by atoms with Crippen LogP contribution in [0.3, 0.4) is 0 Å². The Labute approximate surface area is 123 Å². The van der Waals surface area contributed by atoms with E-state index in [4.69, 9.17) is 9.84 Å². The quantitative estimate of drug-likeness (QED) is 0.835. The third-order valence-electron chi connectivity index (χ3n) is 3.30. The van der Waals surface area contributed by atoms with Crippen LogP contribution in [0.15, 0.2) is 18.2 Å². The molecule has 2 rings (SSSR count). The van der Waals surface area contributed by atoms with E-state index in [-0.39, 0.29) is 24.1 Å². The number of aliphatic hydroxyl groups excluding tert-OH is 1. The topological polar surface area (TPSA) is 49.8 Å². The average Bonchev–Trinajstić information content (AvgIpc) is 3.30. The van der Waals surface area contributed by atoms with Crippen molar-refractivity contribution in [2.75, 3.05) is 26.9 Å². The molecule has 1 saturated carbocycles. The van der Waals surface area contributed by atoms with Gasteiger partial charge in [-0.15, -0.1) is 0 Å². The highest BCUT2D eigenvalue weighted by Crippen LogP contribution is 2.28. The zero-order chi connectivity index (χ0) is 15.2. The molecule has 1 fully saturated rings. The Morgan fingerprint density at radius 1 is 1.52 bits per heavy atom. The van der Waals surface area contributed by atoms with Gasteiger partial charge in [0.1, 0.15) is 12.4 Å². The molecule has 1 N–H and O–H groups in total. The van der Waals surface area contributed by atoms with Crippen molar-refractivity contribution in [1.29, 1.82) is 0 Å². The first-order valence-corrected chi connectivity index (χ1v) is 6.86. The minimum Gasteiger partial charge on any atom is -0.384 e. The van der Waals surface area contributed by atoms with Gasteiger partial charge in [-0.05, 0) is 31.0 Å². The van der Waals surface area contributed by atoms with Gasteiger partial charge in [0.25, 0.3) is 5.91 Å². The Hall–Kier alpha value is -1.90. The molecule has 0 unspecified atom stereocenters. The number of nitrogens with zero attached hydrogens (tertiary/aromatic N) is 1. The summed E-state index contributed by atoms with van der Waals surface area (Å²) in [5.41, 5.74) is 0.487. The van der Waals surface area contributed by atoms with Crippen molar-refractivity contribution >= 4 is 5.91 Å². The Morgan fingerprint density at radius 3 is 2.86 bits per heavy atom. The number of carbonyl (C=O) groups excluding carboxylic acids is 1. The number of hydrogen-bond acceptors (Lipinski definition) is 3. The standard InChI is InChI=1S/C16H18FNO3/c1-21-10-8-18(13-5-6-13)16(20)14-7-4-12(3-2-9-19)11-15(14)17/h4,7,11,13,19H,5-6,8-10H2,1H3. The molecule has 0 spiro atoms. The van der Waals surface area contributed by atoms with Crippen LogP contribution in [-0.2, 0) is 4.74 Å². The summed E-state index contributed by atoms with van der Waals surface area (Å²) in [6.45, 7) is 0.615. The van der Waals surface area contributed by atoms with Crippen LogP contribution in [-0.4, -0.2) is 48.8 Å². The van der Waals surface area contributed by atoms with Gasteiger partial charge in [0, 0.05) is 25.3 Å². The zero-order valence-corrected chi connectivity index (χ0v) is 11.9. The monoisotopic (exact) mass is 291 g/mol. The highest BCUT2D eigenvalue weighted by molar-refractivity contribution is 5.95. The molecule has 21 heavy (non-hydrogen) atoms. The summed E-state index contributed by atoms with van der Waals surface area (Å²) in [5.74, 6) is 4.16. The van der Waals surface area contributed by atoms with E-state index in [1.165, 1.54) is 12.1 Å². The molecule has 0 heterocycles. The molecule has 1 amide bonds. The van der Waals surface area contributed by atoms with Crippen molar-refractivity contribution in [2.24, 2.45) is 0 Å². The number of halogens is 1. The molecule has 0 saturated heterocycles. The van der Waals surface area contributed by atoms with Crippen LogP contribution >= 0.6 is 0 Å². The minimum atomic E-state index is -0.590. The molecule has 1 aliphatic rings. The van der Waals surface area contributed by atoms with Gasteiger partial charge in [-0.2, -0.15) is 0 Å². The van der Waals surface area contributed by atoms with Crippen molar-refractivity contribution in [3.8, 4) is 11.8 Å². The van der Waals surface area contributed by atoms with Gasteiger partial charge < -0.3 is 14.7 Å². The molecule has 112 valence electrons. The van der Waals surface area contributed by atoms with Crippen molar-refractivity contribution in [3.05, 3.63) is 35.1 Å². The molecule has 0 radical (unpaired) electrons. The summed E-state index contributed by atoms with van der Waals surface area (Å²) in [4.78, 5) is 14.1. The number of ether oxygens (including phenoxy) is 1. The van der Waals surface area contributed by atoms with Crippen LogP contribution in [0.2, 0.25) is 0 Å². The van der Waals surface area contributed by atoms with Gasteiger partial charge in [-0.25, -0.2) is 4.39 Å². The van der Waals surface area contributed by atoms with Gasteiger partial charge in [-0.1, -0.05) is 11.8 Å². The summed E-state index contributed by atoms with van der Waals surface area (Å²) >= 11 is 0. The van der Waals surface area contributed by atoms with Crippen LogP contribution in [0.25, 0.3) is 0 Å². The molecule has 0 bridgehead atoms. The zero-order valence-electron chi connectivity index (χ0n) is 11.9. The van der Waals surface area contributed by atoms with E-state index in [1.54, 1.807) is 18.1 Å². The molecular weight excluding hydrogens is 273 g/mol. The summed E-state index contributed by atoms with van der Waals surface area (Å²) in [7, 11) is 1.57. The van der Waals surface area contributed by atoms with Gasteiger partial charge >= 0.3 is 0 Å². The van der Waals surface area contributed by atoms with Gasteiger partial charge in [0.15, 0.2) is 0 Å². The molecule has 1 aliphatic carbocycles. The van der Waals surface area contributed by atoms with E-state index in [0.29, 0.717) is 18.7 Å². The van der Waals surface area contributed by atoms with Crippen LogP contribution in [0.1, 0.15) is 28.8 Å². The number of amides is 1. The number of methoxy groups -OCH3 is 1. The van der Waals surface area contributed by atoms with Crippen molar-refractivity contribution in [1.82, 2.24) is 4.90 Å². The van der Waals surface area contributed by atoms with E-state index in [0.717, 1.165) is 12.8 Å². The second kappa shape index (κ2) is 7.21. The number of benzene rings is 1. The molecule has 0 aliphatic heterocycles. The summed E-state index contributed by atoms with van der Waals surface area (Å²) in [6.07, 6.45) is 1.91. The Balaban J connectivity index is 2.17. The van der Waals surface area contributed by atoms with E-state index in [2.05, 4.69) is 11.8 Å².